The summed E-state index contributed by atoms with van der Waals surface area (Å²) in [5, 5.41) is 10.1. The van der Waals surface area contributed by atoms with Gasteiger partial charge in [0.05, 0.1) is 6.04 Å². The maximum absolute atomic E-state index is 12.4. The van der Waals surface area contributed by atoms with E-state index in [1.807, 2.05) is 14.1 Å². The first-order valence-corrected chi connectivity index (χ1v) is 8.90. The fourth-order valence-electron chi connectivity index (χ4n) is 2.93. The fourth-order valence-corrected chi connectivity index (χ4v) is 3.63. The van der Waals surface area contributed by atoms with Crippen LogP contribution >= 0.6 is 11.3 Å². The van der Waals surface area contributed by atoms with Gasteiger partial charge in [0.25, 0.3) is 0 Å². The number of likely N-dealkylation sites (N-methyl/N-ethyl adjacent to an activating group) is 1. The van der Waals surface area contributed by atoms with Crippen LogP contribution in [0.15, 0.2) is 16.8 Å². The van der Waals surface area contributed by atoms with Crippen molar-refractivity contribution in [3.8, 4) is 0 Å². The molecule has 1 aromatic heterocycles. The van der Waals surface area contributed by atoms with E-state index in [0.717, 1.165) is 19.4 Å². The highest BCUT2D eigenvalue weighted by Crippen LogP contribution is 2.20. The van der Waals surface area contributed by atoms with E-state index in [4.69, 9.17) is 0 Å². The molecule has 1 aromatic rings. The van der Waals surface area contributed by atoms with Crippen molar-refractivity contribution >= 4 is 23.3 Å². The highest BCUT2D eigenvalue weighted by Gasteiger charge is 2.25. The van der Waals surface area contributed by atoms with Gasteiger partial charge in [0, 0.05) is 32.6 Å². The molecule has 1 fully saturated rings. The summed E-state index contributed by atoms with van der Waals surface area (Å²) >= 11 is 1.66. The van der Waals surface area contributed by atoms with Crippen LogP contribution < -0.4 is 10.6 Å². The average molecular weight is 338 g/mol. The predicted octanol–water partition coefficient (Wildman–Crippen LogP) is 1.66. The Morgan fingerprint density at radius 2 is 2.26 bits per heavy atom. The third-order valence-electron chi connectivity index (χ3n) is 4.11. The van der Waals surface area contributed by atoms with Gasteiger partial charge in [0.2, 0.25) is 5.91 Å². The van der Waals surface area contributed by atoms with E-state index >= 15 is 0 Å². The Hall–Kier alpha value is -1.60. The normalized spacial score (nSPS) is 19.5. The number of likely N-dealkylation sites (tertiary alicyclic amines) is 1. The number of carbonyl (C=O) groups is 2. The molecule has 0 saturated carbocycles. The summed E-state index contributed by atoms with van der Waals surface area (Å²) in [6.07, 6.45) is 1.85. The summed E-state index contributed by atoms with van der Waals surface area (Å²) in [6.45, 7) is 3.41. The minimum atomic E-state index is -0.0536. The Morgan fingerprint density at radius 1 is 1.48 bits per heavy atom. The molecule has 0 radical (unpaired) electrons. The molecule has 0 bridgehead atoms. The molecular formula is C16H26N4O2S. The molecule has 0 spiro atoms. The number of hydrogen-bond donors (Lipinski definition) is 2. The van der Waals surface area contributed by atoms with Crippen molar-refractivity contribution < 1.29 is 9.59 Å². The highest BCUT2D eigenvalue weighted by molar-refractivity contribution is 7.07. The van der Waals surface area contributed by atoms with E-state index in [9.17, 15) is 9.59 Å². The molecule has 2 heterocycles. The molecule has 6 nitrogen and oxygen atoms in total. The Balaban J connectivity index is 1.87. The molecule has 0 unspecified atom stereocenters. The zero-order chi connectivity index (χ0) is 16.8. The largest absolute Gasteiger partial charge is 0.352 e. The average Bonchev–Trinajstić information content (AvgIpc) is 3.00. The minimum absolute atomic E-state index is 0.0395. The van der Waals surface area contributed by atoms with E-state index in [1.165, 1.54) is 12.5 Å². The Kier molecular flexibility index (Phi) is 6.41. The summed E-state index contributed by atoms with van der Waals surface area (Å²) in [5.74, 6) is -0.0395. The van der Waals surface area contributed by atoms with E-state index in [-0.39, 0.29) is 24.0 Å². The number of thiophene rings is 1. The lowest BCUT2D eigenvalue weighted by Gasteiger charge is -2.33. The number of urea groups is 1. The van der Waals surface area contributed by atoms with Gasteiger partial charge in [0.15, 0.2) is 0 Å². The second-order valence-electron chi connectivity index (χ2n) is 6.21. The van der Waals surface area contributed by atoms with Gasteiger partial charge >= 0.3 is 6.03 Å². The first-order chi connectivity index (χ1) is 11.0. The SMILES string of the molecule is CC(=O)N[C@@H]1CCCN(C(=O)NC[C@H](c2ccsc2)N(C)C)C1. The lowest BCUT2D eigenvalue weighted by Crippen LogP contribution is -2.52. The quantitative estimate of drug-likeness (QED) is 0.858. The highest BCUT2D eigenvalue weighted by atomic mass is 32.1. The van der Waals surface area contributed by atoms with Crippen molar-refractivity contribution in [3.63, 3.8) is 0 Å². The second kappa shape index (κ2) is 8.31. The van der Waals surface area contributed by atoms with Crippen LogP contribution in [0.2, 0.25) is 0 Å². The Bertz CT molecular complexity index is 518. The van der Waals surface area contributed by atoms with E-state index in [1.54, 1.807) is 16.2 Å². The van der Waals surface area contributed by atoms with Crippen LogP contribution in [0.3, 0.4) is 0 Å². The van der Waals surface area contributed by atoms with Crippen molar-refractivity contribution in [1.82, 2.24) is 20.4 Å². The van der Waals surface area contributed by atoms with E-state index in [2.05, 4.69) is 32.4 Å². The lowest BCUT2D eigenvalue weighted by atomic mass is 10.1. The number of piperidine rings is 1. The van der Waals surface area contributed by atoms with Crippen molar-refractivity contribution in [2.24, 2.45) is 0 Å². The van der Waals surface area contributed by atoms with Crippen LogP contribution in [0.25, 0.3) is 0 Å². The number of rotatable bonds is 5. The van der Waals surface area contributed by atoms with Gasteiger partial charge in [-0.3, -0.25) is 4.79 Å². The molecule has 2 N–H and O–H groups in total. The van der Waals surface area contributed by atoms with Crippen LogP contribution in [0.5, 0.6) is 0 Å². The molecule has 1 saturated heterocycles. The summed E-state index contributed by atoms with van der Waals surface area (Å²) in [5.41, 5.74) is 1.22. The summed E-state index contributed by atoms with van der Waals surface area (Å²) < 4.78 is 0. The van der Waals surface area contributed by atoms with Crippen molar-refractivity contribution in [3.05, 3.63) is 22.4 Å². The molecule has 23 heavy (non-hydrogen) atoms. The molecule has 2 rings (SSSR count). The van der Waals surface area contributed by atoms with E-state index in [0.29, 0.717) is 13.1 Å². The zero-order valence-corrected chi connectivity index (χ0v) is 14.9. The number of carbonyl (C=O) groups excluding carboxylic acids is 2. The molecule has 1 aliphatic rings. The van der Waals surface area contributed by atoms with Gasteiger partial charge in [-0.05, 0) is 49.3 Å². The second-order valence-corrected chi connectivity index (χ2v) is 6.99. The molecule has 7 heteroatoms. The number of nitrogens with one attached hydrogen (secondary N) is 2. The Labute approximate surface area is 141 Å². The topological polar surface area (TPSA) is 64.7 Å². The summed E-state index contributed by atoms with van der Waals surface area (Å²) in [6, 6.07) is 2.27. The summed E-state index contributed by atoms with van der Waals surface area (Å²) in [4.78, 5) is 27.5. The first kappa shape index (κ1) is 17.7. The molecule has 0 aliphatic carbocycles. The van der Waals surface area contributed by atoms with Crippen LogP contribution in [0.4, 0.5) is 4.79 Å². The molecular weight excluding hydrogens is 312 g/mol. The summed E-state index contributed by atoms with van der Waals surface area (Å²) in [7, 11) is 4.03. The van der Waals surface area contributed by atoms with Gasteiger partial charge in [-0.2, -0.15) is 11.3 Å². The van der Waals surface area contributed by atoms with Crippen molar-refractivity contribution in [2.75, 3.05) is 33.7 Å². The lowest BCUT2D eigenvalue weighted by molar-refractivity contribution is -0.119. The molecule has 2 atom stereocenters. The first-order valence-electron chi connectivity index (χ1n) is 7.95. The molecule has 3 amide bonds. The fraction of sp³-hybridized carbons (Fsp3) is 0.625. The Morgan fingerprint density at radius 3 is 2.87 bits per heavy atom. The van der Waals surface area contributed by atoms with Crippen LogP contribution in [0, 0.1) is 0 Å². The number of nitrogens with zero attached hydrogens (tertiary/aromatic N) is 2. The number of amides is 3. The third-order valence-corrected chi connectivity index (χ3v) is 4.82. The predicted molar refractivity (Wildman–Crippen MR) is 92.6 cm³/mol. The van der Waals surface area contributed by atoms with Crippen molar-refractivity contribution in [2.45, 2.75) is 31.8 Å². The van der Waals surface area contributed by atoms with Gasteiger partial charge in [-0.15, -0.1) is 0 Å². The minimum Gasteiger partial charge on any atom is -0.352 e. The van der Waals surface area contributed by atoms with Gasteiger partial charge in [-0.1, -0.05) is 0 Å². The standard InChI is InChI=1S/C16H26N4O2S/c1-12(21)18-14-5-4-7-20(10-14)16(22)17-9-15(19(2)3)13-6-8-23-11-13/h6,8,11,14-15H,4-5,7,9-10H2,1-3H3,(H,17,22)(H,18,21)/t14-,15-/m1/s1. The zero-order valence-electron chi connectivity index (χ0n) is 14.0. The van der Waals surface area contributed by atoms with Gasteiger partial charge < -0.3 is 20.4 Å². The van der Waals surface area contributed by atoms with Crippen molar-refractivity contribution in [1.29, 1.82) is 0 Å². The van der Waals surface area contributed by atoms with Crippen LogP contribution in [-0.2, 0) is 4.79 Å². The van der Waals surface area contributed by atoms with Crippen LogP contribution in [-0.4, -0.2) is 61.5 Å². The van der Waals surface area contributed by atoms with E-state index < -0.39 is 0 Å². The van der Waals surface area contributed by atoms with Crippen LogP contribution in [0.1, 0.15) is 31.4 Å². The maximum Gasteiger partial charge on any atom is 0.317 e. The molecule has 128 valence electrons. The maximum atomic E-state index is 12.4. The molecule has 1 aliphatic heterocycles. The number of hydrogen-bond acceptors (Lipinski definition) is 4. The van der Waals surface area contributed by atoms with Gasteiger partial charge in [0.1, 0.15) is 0 Å². The molecule has 0 aromatic carbocycles. The smallest absolute Gasteiger partial charge is 0.317 e. The van der Waals surface area contributed by atoms with Gasteiger partial charge in [-0.25, -0.2) is 4.79 Å². The monoisotopic (exact) mass is 338 g/mol. The third kappa shape index (κ3) is 5.21.